The van der Waals surface area contributed by atoms with E-state index in [2.05, 4.69) is 9.97 Å². The Kier molecular flexibility index (Phi) is 2.09. The smallest absolute Gasteiger partial charge is 0.298 e. The van der Waals surface area contributed by atoms with E-state index in [0.717, 1.165) is 37.3 Å². The molecule has 0 spiro atoms. The molecule has 1 aliphatic rings. The Morgan fingerprint density at radius 2 is 2.38 bits per heavy atom. The number of ether oxygens (including phenoxy) is 1. The van der Waals surface area contributed by atoms with Gasteiger partial charge < -0.3 is 15.5 Å². The summed E-state index contributed by atoms with van der Waals surface area (Å²) in [7, 11) is 0. The number of aromatic amines is 1. The van der Waals surface area contributed by atoms with Gasteiger partial charge in [0.15, 0.2) is 0 Å². The van der Waals surface area contributed by atoms with Crippen LogP contribution in [0.15, 0.2) is 18.5 Å². The molecule has 0 saturated heterocycles. The molecule has 0 saturated carbocycles. The van der Waals surface area contributed by atoms with Crippen LogP contribution in [-0.4, -0.2) is 21.1 Å². The van der Waals surface area contributed by atoms with Gasteiger partial charge >= 0.3 is 0 Å². The van der Waals surface area contributed by atoms with Crippen LogP contribution in [0, 0.1) is 0 Å². The molecule has 2 aromatic heterocycles. The highest BCUT2D eigenvalue weighted by molar-refractivity contribution is 5.71. The SMILES string of the molecule is Nc1c(-c2cc[nH]c2)nc2n1CCCCO2. The second-order valence-corrected chi connectivity index (χ2v) is 3.94. The van der Waals surface area contributed by atoms with E-state index >= 15 is 0 Å². The second-order valence-electron chi connectivity index (χ2n) is 3.94. The molecule has 0 radical (unpaired) electrons. The van der Waals surface area contributed by atoms with Gasteiger partial charge in [0, 0.05) is 24.5 Å². The highest BCUT2D eigenvalue weighted by Gasteiger charge is 2.18. The van der Waals surface area contributed by atoms with Crippen LogP contribution in [0.1, 0.15) is 12.8 Å². The van der Waals surface area contributed by atoms with E-state index in [9.17, 15) is 0 Å². The summed E-state index contributed by atoms with van der Waals surface area (Å²) in [6.45, 7) is 1.61. The lowest BCUT2D eigenvalue weighted by atomic mass is 10.2. The van der Waals surface area contributed by atoms with Crippen LogP contribution in [0.5, 0.6) is 6.01 Å². The number of H-pyrrole nitrogens is 1. The third-order valence-corrected chi connectivity index (χ3v) is 2.85. The standard InChI is InChI=1S/C11H14N4O/c12-10-9(8-3-4-13-7-8)14-11-15(10)5-1-2-6-16-11/h3-4,7,13H,1-2,5-6,12H2. The molecule has 0 atom stereocenters. The van der Waals surface area contributed by atoms with Crippen molar-refractivity contribution in [3.05, 3.63) is 18.5 Å². The highest BCUT2D eigenvalue weighted by atomic mass is 16.5. The number of nitrogens with two attached hydrogens (primary N) is 1. The largest absolute Gasteiger partial charge is 0.465 e. The first-order valence-electron chi connectivity index (χ1n) is 5.48. The maximum absolute atomic E-state index is 6.09. The van der Waals surface area contributed by atoms with E-state index in [1.165, 1.54) is 0 Å². The number of fused-ring (bicyclic) bond motifs is 1. The fourth-order valence-corrected chi connectivity index (χ4v) is 1.99. The lowest BCUT2D eigenvalue weighted by Crippen LogP contribution is -2.02. The molecule has 0 fully saturated rings. The molecule has 0 amide bonds. The van der Waals surface area contributed by atoms with Gasteiger partial charge in [0.05, 0.1) is 6.61 Å². The minimum atomic E-state index is 0.645. The predicted octanol–water partition coefficient (Wildman–Crippen LogP) is 1.63. The van der Waals surface area contributed by atoms with E-state index in [-0.39, 0.29) is 0 Å². The Morgan fingerprint density at radius 3 is 3.19 bits per heavy atom. The molecule has 0 aliphatic carbocycles. The van der Waals surface area contributed by atoms with Crippen molar-refractivity contribution in [1.82, 2.24) is 14.5 Å². The zero-order valence-corrected chi connectivity index (χ0v) is 8.94. The van der Waals surface area contributed by atoms with E-state index in [1.54, 1.807) is 0 Å². The summed E-state index contributed by atoms with van der Waals surface area (Å²) in [4.78, 5) is 7.45. The van der Waals surface area contributed by atoms with Crippen molar-refractivity contribution >= 4 is 5.82 Å². The van der Waals surface area contributed by atoms with Crippen molar-refractivity contribution in [2.24, 2.45) is 0 Å². The van der Waals surface area contributed by atoms with Crippen molar-refractivity contribution in [2.75, 3.05) is 12.3 Å². The number of anilines is 1. The fourth-order valence-electron chi connectivity index (χ4n) is 1.99. The van der Waals surface area contributed by atoms with Gasteiger partial charge in [0.25, 0.3) is 6.01 Å². The molecule has 16 heavy (non-hydrogen) atoms. The molecule has 1 aliphatic heterocycles. The first-order chi connectivity index (χ1) is 7.86. The number of hydrogen-bond acceptors (Lipinski definition) is 3. The molecule has 5 nitrogen and oxygen atoms in total. The van der Waals surface area contributed by atoms with Crippen molar-refractivity contribution < 1.29 is 4.74 Å². The minimum Gasteiger partial charge on any atom is -0.465 e. The topological polar surface area (TPSA) is 68.9 Å². The highest BCUT2D eigenvalue weighted by Crippen LogP contribution is 2.30. The average molecular weight is 218 g/mol. The summed E-state index contributed by atoms with van der Waals surface area (Å²) in [5.74, 6) is 0.691. The zero-order chi connectivity index (χ0) is 11.0. The molecule has 0 aromatic carbocycles. The number of nitrogens with one attached hydrogen (secondary N) is 1. The number of aromatic nitrogens is 3. The normalized spacial score (nSPS) is 15.2. The van der Waals surface area contributed by atoms with E-state index < -0.39 is 0 Å². The summed E-state index contributed by atoms with van der Waals surface area (Å²) in [5.41, 5.74) is 7.90. The molecule has 2 aromatic rings. The minimum absolute atomic E-state index is 0.645. The van der Waals surface area contributed by atoms with Crippen molar-refractivity contribution in [2.45, 2.75) is 19.4 Å². The summed E-state index contributed by atoms with van der Waals surface area (Å²) < 4.78 is 7.52. The molecular formula is C11H14N4O. The third kappa shape index (κ3) is 1.36. The summed E-state index contributed by atoms with van der Waals surface area (Å²) in [6, 6.07) is 2.60. The van der Waals surface area contributed by atoms with Gasteiger partial charge in [-0.05, 0) is 18.9 Å². The van der Waals surface area contributed by atoms with Crippen molar-refractivity contribution in [1.29, 1.82) is 0 Å². The molecule has 0 bridgehead atoms. The first-order valence-corrected chi connectivity index (χ1v) is 5.48. The van der Waals surface area contributed by atoms with Gasteiger partial charge in [0.2, 0.25) is 0 Å². The van der Waals surface area contributed by atoms with E-state index in [0.29, 0.717) is 11.8 Å². The van der Waals surface area contributed by atoms with E-state index in [4.69, 9.17) is 10.5 Å². The second kappa shape index (κ2) is 3.59. The Morgan fingerprint density at radius 1 is 1.44 bits per heavy atom. The molecule has 5 heteroatoms. The molecular weight excluding hydrogens is 204 g/mol. The van der Waals surface area contributed by atoms with Gasteiger partial charge in [0.1, 0.15) is 11.5 Å². The number of nitrogen functional groups attached to an aromatic ring is 1. The van der Waals surface area contributed by atoms with Crippen molar-refractivity contribution in [3.63, 3.8) is 0 Å². The Labute approximate surface area is 93.2 Å². The molecule has 3 N–H and O–H groups in total. The predicted molar refractivity (Wildman–Crippen MR) is 61.2 cm³/mol. The van der Waals surface area contributed by atoms with Gasteiger partial charge in [-0.3, -0.25) is 4.57 Å². The fraction of sp³-hybridized carbons (Fsp3) is 0.364. The van der Waals surface area contributed by atoms with Crippen LogP contribution in [0.4, 0.5) is 5.82 Å². The van der Waals surface area contributed by atoms with Crippen LogP contribution in [-0.2, 0) is 6.54 Å². The Hall–Kier alpha value is -1.91. The number of hydrogen-bond donors (Lipinski definition) is 2. The van der Waals surface area contributed by atoms with Crippen molar-refractivity contribution in [3.8, 4) is 17.3 Å². The lowest BCUT2D eigenvalue weighted by molar-refractivity contribution is 0.295. The maximum Gasteiger partial charge on any atom is 0.298 e. The first kappa shape index (κ1) is 9.33. The maximum atomic E-state index is 6.09. The molecule has 84 valence electrons. The Bertz CT molecular complexity index is 486. The monoisotopic (exact) mass is 218 g/mol. The summed E-state index contributed by atoms with van der Waals surface area (Å²) >= 11 is 0. The van der Waals surface area contributed by atoms with Gasteiger partial charge in [-0.2, -0.15) is 4.98 Å². The lowest BCUT2D eigenvalue weighted by Gasteiger charge is -2.03. The zero-order valence-electron chi connectivity index (χ0n) is 8.94. The van der Waals surface area contributed by atoms with E-state index in [1.807, 2.05) is 23.0 Å². The number of rotatable bonds is 1. The average Bonchev–Trinajstić information content (AvgIpc) is 2.83. The van der Waals surface area contributed by atoms with Crippen LogP contribution in [0.2, 0.25) is 0 Å². The molecule has 0 unspecified atom stereocenters. The van der Waals surface area contributed by atoms with Gasteiger partial charge in [-0.15, -0.1) is 0 Å². The van der Waals surface area contributed by atoms with Crippen LogP contribution in [0.25, 0.3) is 11.3 Å². The molecule has 3 rings (SSSR count). The Balaban J connectivity index is 2.08. The number of imidazole rings is 1. The quantitative estimate of drug-likeness (QED) is 0.764. The third-order valence-electron chi connectivity index (χ3n) is 2.85. The van der Waals surface area contributed by atoms with Gasteiger partial charge in [-0.25, -0.2) is 0 Å². The van der Waals surface area contributed by atoms with Crippen LogP contribution in [0.3, 0.4) is 0 Å². The number of nitrogens with zero attached hydrogens (tertiary/aromatic N) is 2. The van der Waals surface area contributed by atoms with Crippen LogP contribution < -0.4 is 10.5 Å². The summed E-state index contributed by atoms with van der Waals surface area (Å²) in [5, 5.41) is 0. The summed E-state index contributed by atoms with van der Waals surface area (Å²) in [6.07, 6.45) is 5.89. The van der Waals surface area contributed by atoms with Gasteiger partial charge in [-0.1, -0.05) is 0 Å². The molecule has 3 heterocycles. The van der Waals surface area contributed by atoms with Crippen LogP contribution >= 0.6 is 0 Å².